The average molecular weight is 398 g/mol. The van der Waals surface area contributed by atoms with Crippen LogP contribution in [0.4, 0.5) is 0 Å². The highest BCUT2D eigenvalue weighted by atomic mass is 32.2. The number of hydrogen-bond acceptors (Lipinski definition) is 7. The van der Waals surface area contributed by atoms with Crippen LogP contribution in [-0.4, -0.2) is 63.6 Å². The van der Waals surface area contributed by atoms with Gasteiger partial charge in [-0.2, -0.15) is 4.21 Å². The van der Waals surface area contributed by atoms with Gasteiger partial charge in [0.05, 0.1) is 52.9 Å². The van der Waals surface area contributed by atoms with Crippen LogP contribution in [0.3, 0.4) is 0 Å². The maximum absolute atomic E-state index is 11.1. The molecule has 0 amide bonds. The van der Waals surface area contributed by atoms with Crippen LogP contribution in [-0.2, 0) is 33.9 Å². The summed E-state index contributed by atoms with van der Waals surface area (Å²) < 4.78 is 36.4. The van der Waals surface area contributed by atoms with Gasteiger partial charge >= 0.3 is 11.4 Å². The standard InChI is InChI=1S/C12H25NO6S.C4H8.C2H6/c1-2-3-5-18-20(14)19-12-11-17-10-9-16-8-7-15-6-4-13;1-3-4-2;1-2/h2-3H,4-13H2,1H3;3H,1,4H2,2H3;1-2H3/b3-2+;;. The van der Waals surface area contributed by atoms with Gasteiger partial charge in [-0.05, 0) is 13.3 Å². The second-order valence-electron chi connectivity index (χ2n) is 4.20. The van der Waals surface area contributed by atoms with E-state index in [2.05, 4.69) is 13.5 Å². The first kappa shape index (κ1) is 30.1. The van der Waals surface area contributed by atoms with Crippen LogP contribution in [0.2, 0.25) is 0 Å². The molecule has 0 aromatic carbocycles. The van der Waals surface area contributed by atoms with E-state index in [-0.39, 0.29) is 13.2 Å². The molecule has 0 bridgehead atoms. The zero-order valence-electron chi connectivity index (χ0n) is 16.9. The second-order valence-corrected chi connectivity index (χ2v) is 5.08. The summed E-state index contributed by atoms with van der Waals surface area (Å²) in [6.45, 7) is 15.3. The molecule has 7 nitrogen and oxygen atoms in total. The molecule has 0 aliphatic rings. The third-order valence-corrected chi connectivity index (χ3v) is 2.89. The van der Waals surface area contributed by atoms with E-state index in [1.165, 1.54) is 0 Å². The quantitative estimate of drug-likeness (QED) is 0.316. The highest BCUT2D eigenvalue weighted by molar-refractivity contribution is 7.75. The third kappa shape index (κ3) is 34.7. The number of ether oxygens (including phenoxy) is 3. The molecule has 2 N–H and O–H groups in total. The minimum Gasteiger partial charge on any atom is -0.378 e. The number of allylic oxidation sites excluding steroid dienone is 2. The molecular formula is C18H39NO6S. The van der Waals surface area contributed by atoms with Crippen molar-refractivity contribution in [2.75, 3.05) is 59.4 Å². The van der Waals surface area contributed by atoms with E-state index in [1.54, 1.807) is 12.2 Å². The van der Waals surface area contributed by atoms with E-state index in [9.17, 15) is 4.21 Å². The highest BCUT2D eigenvalue weighted by Crippen LogP contribution is 1.90. The molecule has 0 rings (SSSR count). The number of nitrogens with two attached hydrogens (primary N) is 1. The van der Waals surface area contributed by atoms with Crippen LogP contribution < -0.4 is 5.73 Å². The van der Waals surface area contributed by atoms with Crippen LogP contribution >= 0.6 is 0 Å². The minimum absolute atomic E-state index is 0.210. The van der Waals surface area contributed by atoms with Gasteiger partial charge in [0.1, 0.15) is 0 Å². The molecule has 0 aromatic rings. The fraction of sp³-hybridized carbons (Fsp3) is 0.778. The van der Waals surface area contributed by atoms with E-state index in [0.717, 1.165) is 6.42 Å². The van der Waals surface area contributed by atoms with Gasteiger partial charge in [0.2, 0.25) is 0 Å². The molecule has 158 valence electrons. The normalized spacial score (nSPS) is 11.3. The van der Waals surface area contributed by atoms with Crippen LogP contribution in [0.15, 0.2) is 24.8 Å². The Kier molecular flexibility index (Phi) is 37.2. The summed E-state index contributed by atoms with van der Waals surface area (Å²) in [7, 11) is 0. The van der Waals surface area contributed by atoms with Gasteiger partial charge < -0.3 is 19.9 Å². The van der Waals surface area contributed by atoms with E-state index < -0.39 is 11.4 Å². The molecular weight excluding hydrogens is 358 g/mol. The molecule has 0 heterocycles. The van der Waals surface area contributed by atoms with Gasteiger partial charge in [-0.15, -0.1) is 6.58 Å². The lowest BCUT2D eigenvalue weighted by molar-refractivity contribution is 0.0106. The Morgan fingerprint density at radius 1 is 0.923 bits per heavy atom. The molecule has 0 aliphatic heterocycles. The van der Waals surface area contributed by atoms with Gasteiger partial charge in [0, 0.05) is 6.54 Å². The summed E-state index contributed by atoms with van der Waals surface area (Å²) in [6, 6.07) is 0. The van der Waals surface area contributed by atoms with E-state index in [0.29, 0.717) is 46.2 Å². The summed E-state index contributed by atoms with van der Waals surface area (Å²) in [5.41, 5.74) is 5.26. The average Bonchev–Trinajstić information content (AvgIpc) is 2.68. The Bertz CT molecular complexity index is 303. The maximum Gasteiger partial charge on any atom is 0.304 e. The molecule has 0 aromatic heterocycles. The number of hydrogen-bond donors (Lipinski definition) is 1. The molecule has 0 fully saturated rings. The molecule has 1 unspecified atom stereocenters. The topological polar surface area (TPSA) is 89.2 Å². The first-order chi connectivity index (χ1) is 12.7. The molecule has 1 atom stereocenters. The molecule has 0 aliphatic carbocycles. The van der Waals surface area contributed by atoms with Crippen molar-refractivity contribution in [2.45, 2.75) is 34.1 Å². The first-order valence-electron chi connectivity index (χ1n) is 9.06. The summed E-state index contributed by atoms with van der Waals surface area (Å²) in [5.74, 6) is 0. The largest absolute Gasteiger partial charge is 0.378 e. The van der Waals surface area contributed by atoms with Crippen LogP contribution in [0.1, 0.15) is 34.1 Å². The van der Waals surface area contributed by atoms with Crippen LogP contribution in [0.25, 0.3) is 0 Å². The summed E-state index contributed by atoms with van der Waals surface area (Å²) >= 11 is -1.72. The zero-order valence-corrected chi connectivity index (χ0v) is 17.8. The van der Waals surface area contributed by atoms with Crippen molar-refractivity contribution in [3.05, 3.63) is 24.8 Å². The highest BCUT2D eigenvalue weighted by Gasteiger charge is 1.99. The van der Waals surface area contributed by atoms with Gasteiger partial charge in [0.25, 0.3) is 0 Å². The van der Waals surface area contributed by atoms with Crippen molar-refractivity contribution in [3.8, 4) is 0 Å². The summed E-state index contributed by atoms with van der Waals surface area (Å²) in [6.07, 6.45) is 6.51. The molecule has 26 heavy (non-hydrogen) atoms. The predicted octanol–water partition coefficient (Wildman–Crippen LogP) is 2.79. The number of rotatable bonds is 16. The molecule has 0 spiro atoms. The lowest BCUT2D eigenvalue weighted by atomic mass is 10.5. The van der Waals surface area contributed by atoms with Gasteiger partial charge in [-0.3, -0.25) is 8.37 Å². The van der Waals surface area contributed by atoms with Gasteiger partial charge in [-0.25, -0.2) is 0 Å². The summed E-state index contributed by atoms with van der Waals surface area (Å²) in [5, 5.41) is 0. The molecule has 0 saturated heterocycles. The Hall–Kier alpha value is -0.610. The minimum atomic E-state index is -1.72. The smallest absolute Gasteiger partial charge is 0.304 e. The van der Waals surface area contributed by atoms with Crippen molar-refractivity contribution in [1.82, 2.24) is 0 Å². The summed E-state index contributed by atoms with van der Waals surface area (Å²) in [4.78, 5) is 0. The van der Waals surface area contributed by atoms with Crippen molar-refractivity contribution < 1.29 is 26.8 Å². The lowest BCUT2D eigenvalue weighted by Crippen LogP contribution is -2.14. The molecule has 0 radical (unpaired) electrons. The van der Waals surface area contributed by atoms with Gasteiger partial charge in [-0.1, -0.05) is 39.0 Å². The Morgan fingerprint density at radius 3 is 1.81 bits per heavy atom. The fourth-order valence-electron chi connectivity index (χ4n) is 1.01. The SMILES string of the molecule is C/C=C/COS(=O)OCCOCCOCCOCCN.C=CCC.CC. The predicted molar refractivity (Wildman–Crippen MR) is 108 cm³/mol. The molecule has 8 heteroatoms. The van der Waals surface area contributed by atoms with E-state index in [4.69, 9.17) is 28.3 Å². The zero-order chi connectivity index (χ0) is 20.3. The lowest BCUT2D eigenvalue weighted by Gasteiger charge is -2.06. The van der Waals surface area contributed by atoms with Crippen molar-refractivity contribution in [3.63, 3.8) is 0 Å². The maximum atomic E-state index is 11.1. The fourth-order valence-corrected chi connectivity index (χ4v) is 1.47. The first-order valence-corrected chi connectivity index (χ1v) is 10.1. The van der Waals surface area contributed by atoms with Crippen molar-refractivity contribution in [2.24, 2.45) is 5.73 Å². The van der Waals surface area contributed by atoms with Gasteiger partial charge in [0.15, 0.2) is 0 Å². The van der Waals surface area contributed by atoms with Crippen LogP contribution in [0, 0.1) is 0 Å². The Labute approximate surface area is 162 Å². The van der Waals surface area contributed by atoms with Crippen molar-refractivity contribution in [1.29, 1.82) is 0 Å². The van der Waals surface area contributed by atoms with E-state index in [1.807, 2.05) is 26.8 Å². The van der Waals surface area contributed by atoms with Crippen molar-refractivity contribution >= 4 is 11.4 Å². The van der Waals surface area contributed by atoms with Crippen LogP contribution in [0.5, 0.6) is 0 Å². The monoisotopic (exact) mass is 397 g/mol. The molecule has 0 saturated carbocycles. The Morgan fingerprint density at radius 2 is 1.38 bits per heavy atom. The Balaban J connectivity index is -0.000000769. The second kappa shape index (κ2) is 32.1. The van der Waals surface area contributed by atoms with E-state index >= 15 is 0 Å². The third-order valence-electron chi connectivity index (χ3n) is 2.20.